The number of nitrogens with two attached hydrogens (primary N) is 1. The lowest BCUT2D eigenvalue weighted by molar-refractivity contribution is 0.673. The summed E-state index contributed by atoms with van der Waals surface area (Å²) in [6, 6.07) is 8.35. The summed E-state index contributed by atoms with van der Waals surface area (Å²) in [5.41, 5.74) is 10.5. The average Bonchev–Trinajstić information content (AvgIpc) is 3.09. The van der Waals surface area contributed by atoms with E-state index in [9.17, 15) is 0 Å². The van der Waals surface area contributed by atoms with Crippen molar-refractivity contribution in [1.29, 1.82) is 0 Å². The van der Waals surface area contributed by atoms with Crippen LogP contribution < -0.4 is 5.73 Å². The molecule has 1 saturated carbocycles. The first kappa shape index (κ1) is 11.4. The molecule has 1 aliphatic rings. The van der Waals surface area contributed by atoms with Gasteiger partial charge in [-0.2, -0.15) is 0 Å². The Morgan fingerprint density at radius 3 is 2.61 bits per heavy atom. The highest BCUT2D eigenvalue weighted by Gasteiger charge is 2.43. The molecule has 92 valence electrons. The van der Waals surface area contributed by atoms with E-state index in [1.807, 2.05) is 12.3 Å². The predicted molar refractivity (Wildman–Crippen MR) is 72.0 cm³/mol. The molecular weight excluding hydrogens is 222 g/mol. The van der Waals surface area contributed by atoms with Crippen molar-refractivity contribution in [2.75, 3.05) is 0 Å². The minimum absolute atomic E-state index is 0.269. The van der Waals surface area contributed by atoms with Crippen LogP contribution in [-0.2, 0) is 5.54 Å². The SMILES string of the molecule is Cc1ccc(-c2ccnc(C3(N)CC3)n2)c(C)c1. The Labute approximate surface area is 107 Å². The molecule has 0 saturated heterocycles. The quantitative estimate of drug-likeness (QED) is 0.876. The van der Waals surface area contributed by atoms with Gasteiger partial charge in [0.1, 0.15) is 5.82 Å². The lowest BCUT2D eigenvalue weighted by Crippen LogP contribution is -2.22. The van der Waals surface area contributed by atoms with Crippen LogP contribution in [0.4, 0.5) is 0 Å². The van der Waals surface area contributed by atoms with Crippen LogP contribution in [0.2, 0.25) is 0 Å². The zero-order chi connectivity index (χ0) is 12.8. The van der Waals surface area contributed by atoms with Gasteiger partial charge in [0.15, 0.2) is 0 Å². The second-order valence-electron chi connectivity index (χ2n) is 5.24. The van der Waals surface area contributed by atoms with Crippen molar-refractivity contribution in [2.45, 2.75) is 32.2 Å². The second kappa shape index (κ2) is 3.89. The number of aromatic nitrogens is 2. The summed E-state index contributed by atoms with van der Waals surface area (Å²) in [5.74, 6) is 0.778. The van der Waals surface area contributed by atoms with Crippen LogP contribution in [0.25, 0.3) is 11.3 Å². The predicted octanol–water partition coefficient (Wildman–Crippen LogP) is 2.71. The third-order valence-corrected chi connectivity index (χ3v) is 3.55. The Morgan fingerprint density at radius 1 is 1.17 bits per heavy atom. The van der Waals surface area contributed by atoms with E-state index >= 15 is 0 Å². The van der Waals surface area contributed by atoms with Gasteiger partial charge in [-0.3, -0.25) is 0 Å². The maximum absolute atomic E-state index is 6.15. The van der Waals surface area contributed by atoms with Crippen molar-refractivity contribution < 1.29 is 0 Å². The normalized spacial score (nSPS) is 16.6. The van der Waals surface area contributed by atoms with Crippen LogP contribution in [0, 0.1) is 13.8 Å². The summed E-state index contributed by atoms with van der Waals surface area (Å²) in [6.45, 7) is 4.21. The summed E-state index contributed by atoms with van der Waals surface area (Å²) in [5, 5.41) is 0. The Balaban J connectivity index is 2.06. The number of aryl methyl sites for hydroxylation is 2. The Morgan fingerprint density at radius 2 is 1.94 bits per heavy atom. The Bertz CT molecular complexity index is 600. The van der Waals surface area contributed by atoms with Crippen LogP contribution in [0.1, 0.15) is 29.8 Å². The van der Waals surface area contributed by atoms with Crippen LogP contribution in [0.5, 0.6) is 0 Å². The molecule has 0 radical (unpaired) electrons. The molecule has 1 aromatic heterocycles. The first-order valence-corrected chi connectivity index (χ1v) is 6.28. The van der Waals surface area contributed by atoms with Gasteiger partial charge in [-0.1, -0.05) is 23.8 Å². The fourth-order valence-corrected chi connectivity index (χ4v) is 2.21. The van der Waals surface area contributed by atoms with Crippen LogP contribution in [-0.4, -0.2) is 9.97 Å². The van der Waals surface area contributed by atoms with E-state index in [-0.39, 0.29) is 5.54 Å². The number of nitrogens with zero attached hydrogens (tertiary/aromatic N) is 2. The van der Waals surface area contributed by atoms with Crippen molar-refractivity contribution in [3.05, 3.63) is 47.4 Å². The topological polar surface area (TPSA) is 51.8 Å². The van der Waals surface area contributed by atoms with E-state index in [1.165, 1.54) is 11.1 Å². The molecule has 18 heavy (non-hydrogen) atoms. The highest BCUT2D eigenvalue weighted by Crippen LogP contribution is 2.41. The summed E-state index contributed by atoms with van der Waals surface area (Å²) in [7, 11) is 0. The van der Waals surface area contributed by atoms with Crippen molar-refractivity contribution in [3.63, 3.8) is 0 Å². The van der Waals surface area contributed by atoms with Gasteiger partial charge in [-0.15, -0.1) is 0 Å². The maximum atomic E-state index is 6.15. The molecule has 2 N–H and O–H groups in total. The highest BCUT2D eigenvalue weighted by molar-refractivity contribution is 5.63. The summed E-state index contributed by atoms with van der Waals surface area (Å²) >= 11 is 0. The molecule has 1 aliphatic carbocycles. The zero-order valence-electron chi connectivity index (χ0n) is 10.8. The first-order chi connectivity index (χ1) is 8.58. The molecule has 0 bridgehead atoms. The molecule has 0 unspecified atom stereocenters. The molecular formula is C15H17N3. The fourth-order valence-electron chi connectivity index (χ4n) is 2.21. The molecule has 1 aromatic carbocycles. The van der Waals surface area contributed by atoms with Crippen molar-refractivity contribution >= 4 is 0 Å². The second-order valence-corrected chi connectivity index (χ2v) is 5.24. The van der Waals surface area contributed by atoms with Crippen LogP contribution >= 0.6 is 0 Å². The molecule has 1 fully saturated rings. The van der Waals surface area contributed by atoms with E-state index in [1.54, 1.807) is 0 Å². The van der Waals surface area contributed by atoms with Crippen molar-refractivity contribution in [1.82, 2.24) is 9.97 Å². The van der Waals surface area contributed by atoms with Gasteiger partial charge in [0.05, 0.1) is 11.2 Å². The van der Waals surface area contributed by atoms with Gasteiger partial charge >= 0.3 is 0 Å². The van der Waals surface area contributed by atoms with Crippen LogP contribution in [0.15, 0.2) is 30.5 Å². The van der Waals surface area contributed by atoms with Gasteiger partial charge in [0, 0.05) is 11.8 Å². The number of benzene rings is 1. The van der Waals surface area contributed by atoms with Gasteiger partial charge < -0.3 is 5.73 Å². The Hall–Kier alpha value is -1.74. The molecule has 1 heterocycles. The number of hydrogen-bond acceptors (Lipinski definition) is 3. The summed E-state index contributed by atoms with van der Waals surface area (Å²) in [4.78, 5) is 8.94. The molecule has 0 amide bonds. The third-order valence-electron chi connectivity index (χ3n) is 3.55. The molecule has 0 spiro atoms. The molecule has 0 aliphatic heterocycles. The van der Waals surface area contributed by atoms with Crippen molar-refractivity contribution in [2.24, 2.45) is 5.73 Å². The minimum atomic E-state index is -0.269. The number of rotatable bonds is 2. The lowest BCUT2D eigenvalue weighted by atomic mass is 10.0. The zero-order valence-corrected chi connectivity index (χ0v) is 10.8. The smallest absolute Gasteiger partial charge is 0.148 e. The van der Waals surface area contributed by atoms with Gasteiger partial charge in [0.2, 0.25) is 0 Å². The van der Waals surface area contributed by atoms with E-state index in [0.29, 0.717) is 0 Å². The number of hydrogen-bond donors (Lipinski definition) is 1. The molecule has 2 aromatic rings. The maximum Gasteiger partial charge on any atom is 0.148 e. The summed E-state index contributed by atoms with van der Waals surface area (Å²) in [6.07, 6.45) is 3.79. The monoisotopic (exact) mass is 239 g/mol. The van der Waals surface area contributed by atoms with Gasteiger partial charge in [-0.05, 0) is 38.3 Å². The molecule has 3 nitrogen and oxygen atoms in total. The van der Waals surface area contributed by atoms with Gasteiger partial charge in [-0.25, -0.2) is 9.97 Å². The van der Waals surface area contributed by atoms with E-state index in [4.69, 9.17) is 5.73 Å². The summed E-state index contributed by atoms with van der Waals surface area (Å²) < 4.78 is 0. The average molecular weight is 239 g/mol. The first-order valence-electron chi connectivity index (χ1n) is 6.28. The van der Waals surface area contributed by atoms with E-state index in [2.05, 4.69) is 42.0 Å². The highest BCUT2D eigenvalue weighted by atomic mass is 15.0. The molecule has 0 atom stereocenters. The standard InChI is InChI=1S/C15H17N3/c1-10-3-4-12(11(2)9-10)13-5-8-17-14(18-13)15(16)6-7-15/h3-5,8-9H,6-7,16H2,1-2H3. The fraction of sp³-hybridized carbons (Fsp3) is 0.333. The Kier molecular flexibility index (Phi) is 2.45. The third kappa shape index (κ3) is 1.91. The van der Waals surface area contributed by atoms with Gasteiger partial charge in [0.25, 0.3) is 0 Å². The van der Waals surface area contributed by atoms with E-state index in [0.717, 1.165) is 29.9 Å². The molecule has 3 rings (SSSR count). The minimum Gasteiger partial charge on any atom is -0.319 e. The van der Waals surface area contributed by atoms with Crippen LogP contribution in [0.3, 0.4) is 0 Å². The van der Waals surface area contributed by atoms with E-state index < -0.39 is 0 Å². The van der Waals surface area contributed by atoms with Crippen molar-refractivity contribution in [3.8, 4) is 11.3 Å². The largest absolute Gasteiger partial charge is 0.319 e. The lowest BCUT2D eigenvalue weighted by Gasteiger charge is -2.10. The molecule has 3 heteroatoms.